The molecule has 4 rings (SSSR count). The molecular formula is C24H29N5O3. The Hall–Kier alpha value is -3.39. The first-order chi connectivity index (χ1) is 15.5. The van der Waals surface area contributed by atoms with E-state index in [1.165, 1.54) is 10.2 Å². The molecule has 0 aliphatic carbocycles. The van der Waals surface area contributed by atoms with Crippen molar-refractivity contribution in [1.29, 1.82) is 0 Å². The van der Waals surface area contributed by atoms with Crippen molar-refractivity contribution in [3.05, 3.63) is 70.5 Å². The Balaban J connectivity index is 1.39. The summed E-state index contributed by atoms with van der Waals surface area (Å²) in [6, 6.07) is 13.1. The van der Waals surface area contributed by atoms with Crippen LogP contribution >= 0.6 is 0 Å². The minimum atomic E-state index is -0.707. The average molecular weight is 436 g/mol. The Labute approximate surface area is 186 Å². The van der Waals surface area contributed by atoms with Crippen molar-refractivity contribution in [1.82, 2.24) is 24.4 Å². The SMILES string of the molecule is CCc1nn(C(C)C(=O)NCCCN(C)Cc2ccccc2)c(=O)c2cc3occc3n12. The monoisotopic (exact) mass is 435 g/mol. The Kier molecular flexibility index (Phi) is 6.41. The number of aryl methyl sites for hydroxylation is 1. The van der Waals surface area contributed by atoms with Crippen LogP contribution in [0.25, 0.3) is 16.6 Å². The number of fused-ring (bicyclic) bond motifs is 3. The highest BCUT2D eigenvalue weighted by atomic mass is 16.3. The lowest BCUT2D eigenvalue weighted by atomic mass is 10.2. The van der Waals surface area contributed by atoms with Gasteiger partial charge in [0.15, 0.2) is 5.58 Å². The van der Waals surface area contributed by atoms with Gasteiger partial charge in [0.1, 0.15) is 17.4 Å². The standard InChI is InChI=1S/C24H29N5O3/c1-4-22-26-29(24(31)20-15-21-19(28(20)22)11-14-32-21)17(2)23(30)25-12-8-13-27(3)16-18-9-6-5-7-10-18/h5-7,9-11,14-15,17H,4,8,12-13,16H2,1-3H3,(H,25,30). The number of aromatic nitrogens is 3. The molecule has 1 aromatic carbocycles. The Bertz CT molecular complexity index is 1270. The first kappa shape index (κ1) is 21.8. The van der Waals surface area contributed by atoms with Crippen molar-refractivity contribution in [2.45, 2.75) is 39.3 Å². The van der Waals surface area contributed by atoms with Crippen molar-refractivity contribution >= 4 is 22.5 Å². The van der Waals surface area contributed by atoms with E-state index in [0.29, 0.717) is 29.9 Å². The molecule has 3 aromatic heterocycles. The molecule has 8 nitrogen and oxygen atoms in total. The smallest absolute Gasteiger partial charge is 0.291 e. The number of nitrogens with one attached hydrogen (secondary N) is 1. The Morgan fingerprint density at radius 2 is 2.00 bits per heavy atom. The number of carbonyl (C=O) groups excluding carboxylic acids is 1. The lowest BCUT2D eigenvalue weighted by molar-refractivity contribution is -0.124. The summed E-state index contributed by atoms with van der Waals surface area (Å²) in [5.41, 5.74) is 2.86. The lowest BCUT2D eigenvalue weighted by Crippen LogP contribution is -2.39. The van der Waals surface area contributed by atoms with E-state index >= 15 is 0 Å². The van der Waals surface area contributed by atoms with Crippen LogP contribution in [-0.2, 0) is 17.8 Å². The fourth-order valence-corrected chi connectivity index (χ4v) is 3.98. The maximum atomic E-state index is 13.1. The second kappa shape index (κ2) is 9.40. The largest absolute Gasteiger partial charge is 0.463 e. The normalized spacial score (nSPS) is 12.6. The molecule has 0 spiro atoms. The molecule has 0 aliphatic rings. The van der Waals surface area contributed by atoms with Gasteiger partial charge >= 0.3 is 0 Å². The first-order valence-corrected chi connectivity index (χ1v) is 11.0. The van der Waals surface area contributed by atoms with Crippen molar-refractivity contribution in [3.63, 3.8) is 0 Å². The van der Waals surface area contributed by atoms with Crippen LogP contribution in [0.5, 0.6) is 0 Å². The van der Waals surface area contributed by atoms with E-state index in [0.717, 1.165) is 25.0 Å². The molecule has 0 saturated carbocycles. The zero-order valence-corrected chi connectivity index (χ0v) is 18.7. The van der Waals surface area contributed by atoms with Crippen LogP contribution in [0.15, 0.2) is 57.9 Å². The molecule has 0 radical (unpaired) electrons. The molecule has 0 bridgehead atoms. The van der Waals surface area contributed by atoms with Gasteiger partial charge in [-0.05, 0) is 32.5 Å². The molecule has 168 valence electrons. The number of hydrogen-bond donors (Lipinski definition) is 1. The van der Waals surface area contributed by atoms with E-state index in [2.05, 4.69) is 34.5 Å². The topological polar surface area (TPSA) is 84.8 Å². The number of benzene rings is 1. The van der Waals surface area contributed by atoms with Crippen LogP contribution in [-0.4, -0.2) is 45.1 Å². The quantitative estimate of drug-likeness (QED) is 0.409. The second-order valence-corrected chi connectivity index (χ2v) is 8.10. The highest BCUT2D eigenvalue weighted by Crippen LogP contribution is 2.21. The molecular weight excluding hydrogens is 406 g/mol. The molecule has 1 amide bonds. The summed E-state index contributed by atoms with van der Waals surface area (Å²) < 4.78 is 8.54. The van der Waals surface area contributed by atoms with E-state index in [4.69, 9.17) is 4.42 Å². The van der Waals surface area contributed by atoms with Gasteiger partial charge < -0.3 is 14.6 Å². The zero-order chi connectivity index (χ0) is 22.7. The van der Waals surface area contributed by atoms with E-state index in [1.54, 1.807) is 19.3 Å². The van der Waals surface area contributed by atoms with Gasteiger partial charge in [-0.2, -0.15) is 5.10 Å². The third kappa shape index (κ3) is 4.31. The van der Waals surface area contributed by atoms with Crippen LogP contribution in [0.4, 0.5) is 0 Å². The molecule has 0 fully saturated rings. The lowest BCUT2D eigenvalue weighted by Gasteiger charge is -2.18. The molecule has 1 unspecified atom stereocenters. The number of furan rings is 1. The van der Waals surface area contributed by atoms with E-state index in [1.807, 2.05) is 35.6 Å². The third-order valence-electron chi connectivity index (χ3n) is 5.71. The summed E-state index contributed by atoms with van der Waals surface area (Å²) in [4.78, 5) is 28.0. The minimum Gasteiger partial charge on any atom is -0.463 e. The van der Waals surface area contributed by atoms with Gasteiger partial charge in [0, 0.05) is 31.6 Å². The van der Waals surface area contributed by atoms with Crippen molar-refractivity contribution < 1.29 is 9.21 Å². The summed E-state index contributed by atoms with van der Waals surface area (Å²) in [6.45, 7) is 5.94. The van der Waals surface area contributed by atoms with Crippen molar-refractivity contribution in [3.8, 4) is 0 Å². The predicted molar refractivity (Wildman–Crippen MR) is 124 cm³/mol. The highest BCUT2D eigenvalue weighted by Gasteiger charge is 2.22. The van der Waals surface area contributed by atoms with Crippen LogP contribution in [0.1, 0.15) is 37.7 Å². The minimum absolute atomic E-state index is 0.216. The van der Waals surface area contributed by atoms with Crippen LogP contribution in [0, 0.1) is 0 Å². The summed E-state index contributed by atoms with van der Waals surface area (Å²) in [5, 5.41) is 7.45. The van der Waals surface area contributed by atoms with Gasteiger partial charge in [-0.1, -0.05) is 37.3 Å². The summed E-state index contributed by atoms with van der Waals surface area (Å²) >= 11 is 0. The Morgan fingerprint density at radius 3 is 2.75 bits per heavy atom. The molecule has 0 saturated heterocycles. The van der Waals surface area contributed by atoms with E-state index in [-0.39, 0.29) is 11.5 Å². The third-order valence-corrected chi connectivity index (χ3v) is 5.71. The van der Waals surface area contributed by atoms with E-state index in [9.17, 15) is 9.59 Å². The molecule has 32 heavy (non-hydrogen) atoms. The number of amides is 1. The highest BCUT2D eigenvalue weighted by molar-refractivity contribution is 5.83. The number of hydrogen-bond acceptors (Lipinski definition) is 5. The summed E-state index contributed by atoms with van der Waals surface area (Å²) in [6.07, 6.45) is 3.03. The maximum Gasteiger partial charge on any atom is 0.291 e. The molecule has 4 aromatic rings. The van der Waals surface area contributed by atoms with Gasteiger partial charge in [0.25, 0.3) is 5.56 Å². The van der Waals surface area contributed by atoms with Gasteiger partial charge in [0.05, 0.1) is 11.8 Å². The molecule has 1 atom stereocenters. The molecule has 3 heterocycles. The average Bonchev–Trinajstić information content (AvgIpc) is 3.39. The van der Waals surface area contributed by atoms with Gasteiger partial charge in [-0.15, -0.1) is 0 Å². The van der Waals surface area contributed by atoms with Gasteiger partial charge in [-0.25, -0.2) is 4.68 Å². The Morgan fingerprint density at radius 1 is 1.22 bits per heavy atom. The number of rotatable bonds is 9. The van der Waals surface area contributed by atoms with Crippen LogP contribution in [0.3, 0.4) is 0 Å². The summed E-state index contributed by atoms with van der Waals surface area (Å²) in [5.74, 6) is 0.491. The fourth-order valence-electron chi connectivity index (χ4n) is 3.98. The van der Waals surface area contributed by atoms with E-state index < -0.39 is 6.04 Å². The molecule has 8 heteroatoms. The predicted octanol–water partition coefficient (Wildman–Crippen LogP) is 3.00. The number of nitrogens with zero attached hydrogens (tertiary/aromatic N) is 4. The molecule has 0 aliphatic heterocycles. The zero-order valence-electron chi connectivity index (χ0n) is 18.7. The number of carbonyl (C=O) groups is 1. The van der Waals surface area contributed by atoms with Crippen LogP contribution < -0.4 is 10.9 Å². The fraction of sp³-hybridized carbons (Fsp3) is 0.375. The first-order valence-electron chi connectivity index (χ1n) is 11.0. The second-order valence-electron chi connectivity index (χ2n) is 8.10. The molecule has 1 N–H and O–H groups in total. The summed E-state index contributed by atoms with van der Waals surface area (Å²) in [7, 11) is 2.07. The maximum absolute atomic E-state index is 13.1. The van der Waals surface area contributed by atoms with Crippen molar-refractivity contribution in [2.24, 2.45) is 0 Å². The van der Waals surface area contributed by atoms with Crippen molar-refractivity contribution in [2.75, 3.05) is 20.1 Å². The van der Waals surface area contributed by atoms with Gasteiger partial charge in [-0.3, -0.25) is 14.0 Å². The van der Waals surface area contributed by atoms with Gasteiger partial charge in [0.2, 0.25) is 5.91 Å². The van der Waals surface area contributed by atoms with Crippen LogP contribution in [0.2, 0.25) is 0 Å².